The maximum Gasteiger partial charge on any atom is 0.340 e. The summed E-state index contributed by atoms with van der Waals surface area (Å²) in [6.07, 6.45) is 1.77. The lowest BCUT2D eigenvalue weighted by Gasteiger charge is -2.09. The predicted molar refractivity (Wildman–Crippen MR) is 72.3 cm³/mol. The van der Waals surface area contributed by atoms with Crippen LogP contribution in [0.1, 0.15) is 15.2 Å². The van der Waals surface area contributed by atoms with E-state index in [2.05, 4.69) is 10.3 Å². The SMILES string of the molecule is COC(=O)c1cc(N)ccc1Nc1ncc(C)s1. The zero-order valence-electron chi connectivity index (χ0n) is 10.1. The highest BCUT2D eigenvalue weighted by Crippen LogP contribution is 2.26. The Kier molecular flexibility index (Phi) is 3.47. The number of hydrogen-bond acceptors (Lipinski definition) is 6. The number of nitrogens with two attached hydrogens (primary N) is 1. The predicted octanol–water partition coefficient (Wildman–Crippen LogP) is 2.56. The topological polar surface area (TPSA) is 77.2 Å². The third-order valence-electron chi connectivity index (χ3n) is 2.31. The molecule has 5 nitrogen and oxygen atoms in total. The number of aromatic nitrogens is 1. The number of rotatable bonds is 3. The molecule has 0 aliphatic carbocycles. The van der Waals surface area contributed by atoms with Crippen molar-refractivity contribution in [2.24, 2.45) is 0 Å². The van der Waals surface area contributed by atoms with Crippen molar-refractivity contribution in [2.45, 2.75) is 6.92 Å². The van der Waals surface area contributed by atoms with Crippen molar-refractivity contribution < 1.29 is 9.53 Å². The molecule has 2 aromatic rings. The number of esters is 1. The van der Waals surface area contributed by atoms with Crippen molar-refractivity contribution in [3.05, 3.63) is 34.8 Å². The van der Waals surface area contributed by atoms with Gasteiger partial charge in [0.15, 0.2) is 5.13 Å². The highest BCUT2D eigenvalue weighted by atomic mass is 32.1. The number of carbonyl (C=O) groups excluding carboxylic acids is 1. The fourth-order valence-electron chi connectivity index (χ4n) is 1.48. The van der Waals surface area contributed by atoms with E-state index in [1.54, 1.807) is 24.4 Å². The van der Waals surface area contributed by atoms with Gasteiger partial charge in [-0.1, -0.05) is 0 Å². The minimum Gasteiger partial charge on any atom is -0.465 e. The lowest BCUT2D eigenvalue weighted by molar-refractivity contribution is 0.0602. The summed E-state index contributed by atoms with van der Waals surface area (Å²) >= 11 is 1.51. The van der Waals surface area contributed by atoms with Gasteiger partial charge >= 0.3 is 5.97 Å². The Morgan fingerprint density at radius 2 is 2.28 bits per heavy atom. The fraction of sp³-hybridized carbons (Fsp3) is 0.167. The van der Waals surface area contributed by atoms with E-state index in [4.69, 9.17) is 10.5 Å². The second kappa shape index (κ2) is 5.05. The third kappa shape index (κ3) is 2.60. The van der Waals surface area contributed by atoms with E-state index in [0.717, 1.165) is 10.0 Å². The first kappa shape index (κ1) is 12.4. The second-order valence-electron chi connectivity index (χ2n) is 3.70. The lowest BCUT2D eigenvalue weighted by Crippen LogP contribution is -2.06. The van der Waals surface area contributed by atoms with Crippen LogP contribution in [0.4, 0.5) is 16.5 Å². The van der Waals surface area contributed by atoms with Gasteiger partial charge in [-0.3, -0.25) is 0 Å². The number of hydrogen-bond donors (Lipinski definition) is 2. The van der Waals surface area contributed by atoms with Gasteiger partial charge in [0.05, 0.1) is 18.4 Å². The van der Waals surface area contributed by atoms with Crippen molar-refractivity contribution in [1.29, 1.82) is 0 Å². The molecule has 94 valence electrons. The number of nitrogens with zero attached hydrogens (tertiary/aromatic N) is 1. The maximum absolute atomic E-state index is 11.6. The molecule has 0 saturated carbocycles. The molecule has 0 aliphatic rings. The summed E-state index contributed by atoms with van der Waals surface area (Å²) in [4.78, 5) is 16.9. The van der Waals surface area contributed by atoms with Gasteiger partial charge in [-0.15, -0.1) is 11.3 Å². The molecule has 0 aliphatic heterocycles. The number of ether oxygens (including phenoxy) is 1. The number of nitrogens with one attached hydrogen (secondary N) is 1. The summed E-state index contributed by atoms with van der Waals surface area (Å²) in [6.45, 7) is 1.97. The molecule has 0 spiro atoms. The number of aryl methyl sites for hydroxylation is 1. The molecule has 0 unspecified atom stereocenters. The number of nitrogen functional groups attached to an aromatic ring is 1. The van der Waals surface area contributed by atoms with Crippen LogP contribution in [-0.2, 0) is 4.74 Å². The van der Waals surface area contributed by atoms with Gasteiger partial charge in [-0.05, 0) is 25.1 Å². The molecule has 2 rings (SSSR count). The zero-order valence-corrected chi connectivity index (χ0v) is 10.9. The van der Waals surface area contributed by atoms with Crippen molar-refractivity contribution >= 4 is 33.8 Å². The highest BCUT2D eigenvalue weighted by molar-refractivity contribution is 7.15. The summed E-state index contributed by atoms with van der Waals surface area (Å²) in [5.74, 6) is -0.432. The van der Waals surface area contributed by atoms with E-state index in [1.165, 1.54) is 18.4 Å². The molecule has 0 bridgehead atoms. The van der Waals surface area contributed by atoms with Gasteiger partial charge in [0, 0.05) is 16.8 Å². The molecule has 1 aromatic carbocycles. The summed E-state index contributed by atoms with van der Waals surface area (Å²) < 4.78 is 4.72. The smallest absolute Gasteiger partial charge is 0.340 e. The minimum absolute atomic E-state index is 0.394. The monoisotopic (exact) mass is 263 g/mol. The number of methoxy groups -OCH3 is 1. The zero-order chi connectivity index (χ0) is 13.1. The van der Waals surface area contributed by atoms with Gasteiger partial charge in [-0.25, -0.2) is 9.78 Å². The largest absolute Gasteiger partial charge is 0.465 e. The van der Waals surface area contributed by atoms with E-state index < -0.39 is 5.97 Å². The number of carbonyl (C=O) groups is 1. The molecule has 1 aromatic heterocycles. The first-order valence-corrected chi connectivity index (χ1v) is 6.09. The molecule has 6 heteroatoms. The molecule has 1 heterocycles. The van der Waals surface area contributed by atoms with Crippen LogP contribution in [0.2, 0.25) is 0 Å². The number of benzene rings is 1. The number of anilines is 3. The molecule has 0 atom stereocenters. The van der Waals surface area contributed by atoms with Gasteiger partial charge in [-0.2, -0.15) is 0 Å². The Labute approximate surface area is 109 Å². The van der Waals surface area contributed by atoms with Crippen molar-refractivity contribution in [3.8, 4) is 0 Å². The van der Waals surface area contributed by atoms with Gasteiger partial charge in [0.25, 0.3) is 0 Å². The lowest BCUT2D eigenvalue weighted by atomic mass is 10.1. The van der Waals surface area contributed by atoms with Crippen LogP contribution in [0, 0.1) is 6.92 Å². The summed E-state index contributed by atoms with van der Waals surface area (Å²) in [5.41, 5.74) is 7.20. The summed E-state index contributed by atoms with van der Waals surface area (Å²) in [5, 5.41) is 3.81. The van der Waals surface area contributed by atoms with Gasteiger partial charge in [0.1, 0.15) is 0 Å². The van der Waals surface area contributed by atoms with Crippen molar-refractivity contribution in [2.75, 3.05) is 18.2 Å². The van der Waals surface area contributed by atoms with E-state index in [0.29, 0.717) is 16.9 Å². The molecule has 0 saturated heterocycles. The summed E-state index contributed by atoms with van der Waals surface area (Å²) in [6, 6.07) is 5.03. The highest BCUT2D eigenvalue weighted by Gasteiger charge is 2.13. The Morgan fingerprint density at radius 1 is 1.50 bits per heavy atom. The molecule has 0 fully saturated rings. The molecule has 0 amide bonds. The Bertz CT molecular complexity index is 580. The Morgan fingerprint density at radius 3 is 2.89 bits per heavy atom. The third-order valence-corrected chi connectivity index (χ3v) is 3.14. The van der Waals surface area contributed by atoms with Crippen LogP contribution in [0.3, 0.4) is 0 Å². The molecule has 0 radical (unpaired) electrons. The van der Waals surface area contributed by atoms with E-state index in [1.807, 2.05) is 6.92 Å². The van der Waals surface area contributed by atoms with Crippen LogP contribution in [0.25, 0.3) is 0 Å². The molecule has 3 N–H and O–H groups in total. The maximum atomic E-state index is 11.6. The molecular weight excluding hydrogens is 250 g/mol. The minimum atomic E-state index is -0.432. The normalized spacial score (nSPS) is 10.1. The summed E-state index contributed by atoms with van der Waals surface area (Å²) in [7, 11) is 1.34. The molecular formula is C12H13N3O2S. The second-order valence-corrected chi connectivity index (χ2v) is 4.93. The van der Waals surface area contributed by atoms with E-state index >= 15 is 0 Å². The van der Waals surface area contributed by atoms with Crippen LogP contribution in [0.5, 0.6) is 0 Å². The van der Waals surface area contributed by atoms with E-state index in [9.17, 15) is 4.79 Å². The average molecular weight is 263 g/mol. The average Bonchev–Trinajstić information content (AvgIpc) is 2.76. The van der Waals surface area contributed by atoms with Crippen LogP contribution >= 0.6 is 11.3 Å². The fourth-order valence-corrected chi connectivity index (χ4v) is 2.15. The van der Waals surface area contributed by atoms with E-state index in [-0.39, 0.29) is 0 Å². The first-order valence-electron chi connectivity index (χ1n) is 5.27. The standard InChI is InChI=1S/C12H13N3O2S/c1-7-6-14-12(18-7)15-10-4-3-8(13)5-9(10)11(16)17-2/h3-6H,13H2,1-2H3,(H,14,15). The Balaban J connectivity index is 2.35. The first-order chi connectivity index (χ1) is 8.60. The Hall–Kier alpha value is -2.08. The quantitative estimate of drug-likeness (QED) is 0.657. The van der Waals surface area contributed by atoms with Gasteiger partial charge in [0.2, 0.25) is 0 Å². The number of thiazole rings is 1. The van der Waals surface area contributed by atoms with Crippen LogP contribution in [0.15, 0.2) is 24.4 Å². The van der Waals surface area contributed by atoms with Crippen LogP contribution < -0.4 is 11.1 Å². The van der Waals surface area contributed by atoms with Crippen molar-refractivity contribution in [3.63, 3.8) is 0 Å². The van der Waals surface area contributed by atoms with Gasteiger partial charge < -0.3 is 15.8 Å². The molecule has 18 heavy (non-hydrogen) atoms. The van der Waals surface area contributed by atoms with Crippen molar-refractivity contribution in [1.82, 2.24) is 4.98 Å². The van der Waals surface area contributed by atoms with Crippen LogP contribution in [-0.4, -0.2) is 18.1 Å².